The topological polar surface area (TPSA) is 105 Å². The van der Waals surface area contributed by atoms with E-state index in [2.05, 4.69) is 10.1 Å². The van der Waals surface area contributed by atoms with Gasteiger partial charge in [-0.3, -0.25) is 0 Å². The minimum atomic E-state index is -0.443. The number of ether oxygens (including phenoxy) is 2. The number of rotatable bonds is 7. The summed E-state index contributed by atoms with van der Waals surface area (Å²) in [6.07, 6.45) is 3.03. The molecule has 2 N–H and O–H groups in total. The molecule has 2 aromatic carbocycles. The molecule has 33 heavy (non-hydrogen) atoms. The van der Waals surface area contributed by atoms with Gasteiger partial charge in [0.15, 0.2) is 6.61 Å². The van der Waals surface area contributed by atoms with E-state index < -0.39 is 5.97 Å². The lowest BCUT2D eigenvalue weighted by Gasteiger charge is -2.19. The molecule has 0 amide bonds. The number of fused-ring (bicyclic) bond motifs is 1. The van der Waals surface area contributed by atoms with Gasteiger partial charge in [0.1, 0.15) is 18.4 Å². The van der Waals surface area contributed by atoms with Gasteiger partial charge in [0.05, 0.1) is 28.5 Å². The van der Waals surface area contributed by atoms with Gasteiger partial charge in [-0.1, -0.05) is 23.2 Å². The number of benzene rings is 2. The van der Waals surface area contributed by atoms with Crippen molar-refractivity contribution in [2.45, 2.75) is 20.4 Å². The summed E-state index contributed by atoms with van der Waals surface area (Å²) < 4.78 is 12.3. The molecule has 0 aliphatic rings. The van der Waals surface area contributed by atoms with Crippen LogP contribution >= 0.6 is 23.2 Å². The second-order valence-electron chi connectivity index (χ2n) is 7.13. The van der Waals surface area contributed by atoms with Crippen molar-refractivity contribution in [2.75, 3.05) is 13.2 Å². The summed E-state index contributed by atoms with van der Waals surface area (Å²) in [5.41, 5.74) is 10.4. The molecule has 0 saturated heterocycles. The van der Waals surface area contributed by atoms with Gasteiger partial charge >= 0.3 is 5.97 Å². The van der Waals surface area contributed by atoms with E-state index in [4.69, 9.17) is 43.4 Å². The van der Waals surface area contributed by atoms with Gasteiger partial charge in [0, 0.05) is 33.6 Å². The fourth-order valence-corrected chi connectivity index (χ4v) is 4.19. The van der Waals surface area contributed by atoms with Crippen LogP contribution in [0.2, 0.25) is 10.0 Å². The van der Waals surface area contributed by atoms with Crippen LogP contribution in [0.3, 0.4) is 0 Å². The number of hydrogen-bond acceptors (Lipinski definition) is 7. The molecule has 0 aliphatic carbocycles. The quantitative estimate of drug-likeness (QED) is 0.384. The number of esters is 1. The number of hydrogen-bond donors (Lipinski definition) is 1. The summed E-state index contributed by atoms with van der Waals surface area (Å²) in [6, 6.07) is 8.81. The number of carbonyl (C=O) groups excluding carboxylic acids is 1. The van der Waals surface area contributed by atoms with E-state index in [-0.39, 0.29) is 19.8 Å². The number of nitrogens with zero attached hydrogens (tertiary/aromatic N) is 4. The van der Waals surface area contributed by atoms with E-state index in [9.17, 15) is 4.79 Å². The average Bonchev–Trinajstić information content (AvgIpc) is 3.32. The van der Waals surface area contributed by atoms with E-state index in [1.807, 2.05) is 19.1 Å². The first-order chi connectivity index (χ1) is 15.9. The van der Waals surface area contributed by atoms with Gasteiger partial charge in [-0.15, -0.1) is 0 Å². The molecule has 2 heterocycles. The lowest BCUT2D eigenvalue weighted by molar-refractivity contribution is -0.145. The van der Waals surface area contributed by atoms with Crippen LogP contribution in [0.4, 0.5) is 0 Å². The molecule has 8 nitrogen and oxygen atoms in total. The minimum absolute atomic E-state index is 0.166. The van der Waals surface area contributed by atoms with Gasteiger partial charge in [0.2, 0.25) is 0 Å². The summed E-state index contributed by atoms with van der Waals surface area (Å²) in [5, 5.41) is 6.09. The zero-order chi connectivity index (χ0) is 23.5. The largest absolute Gasteiger partial charge is 0.482 e. The fraction of sp³-hybridized carbons (Fsp3) is 0.217. The lowest BCUT2D eigenvalue weighted by Crippen LogP contribution is -2.15. The Bertz CT molecular complexity index is 1330. The number of carbonyl (C=O) groups is 1. The zero-order valence-corrected chi connectivity index (χ0v) is 19.5. The number of aryl methyl sites for hydroxylation is 1. The molecule has 0 radical (unpaired) electrons. The monoisotopic (exact) mass is 485 g/mol. The fourth-order valence-electron chi connectivity index (χ4n) is 3.69. The van der Waals surface area contributed by atoms with Crippen molar-refractivity contribution in [1.82, 2.24) is 19.7 Å². The Kier molecular flexibility index (Phi) is 6.78. The van der Waals surface area contributed by atoms with Crippen molar-refractivity contribution >= 4 is 40.1 Å². The molecule has 4 rings (SSSR count). The molecule has 0 bridgehead atoms. The normalized spacial score (nSPS) is 11.1. The van der Waals surface area contributed by atoms with Gasteiger partial charge in [-0.25, -0.2) is 19.4 Å². The summed E-state index contributed by atoms with van der Waals surface area (Å²) in [6.45, 7) is 3.89. The van der Waals surface area contributed by atoms with E-state index in [1.54, 1.807) is 36.1 Å². The van der Waals surface area contributed by atoms with Crippen molar-refractivity contribution in [3.8, 4) is 22.7 Å². The van der Waals surface area contributed by atoms with E-state index in [0.717, 1.165) is 16.5 Å². The average molecular weight is 486 g/mol. The van der Waals surface area contributed by atoms with Gasteiger partial charge < -0.3 is 15.2 Å². The van der Waals surface area contributed by atoms with Gasteiger partial charge in [-0.05, 0) is 44.2 Å². The maximum absolute atomic E-state index is 11.8. The van der Waals surface area contributed by atoms with Crippen LogP contribution in [0.5, 0.6) is 5.75 Å². The zero-order valence-electron chi connectivity index (χ0n) is 18.0. The Morgan fingerprint density at radius 1 is 1.21 bits per heavy atom. The maximum atomic E-state index is 11.8. The Hall–Kier alpha value is -3.20. The van der Waals surface area contributed by atoms with E-state index >= 15 is 0 Å². The third-order valence-corrected chi connectivity index (χ3v) is 5.67. The summed E-state index contributed by atoms with van der Waals surface area (Å²) in [4.78, 5) is 20.8. The molecular weight excluding hydrogens is 465 g/mol. The highest BCUT2D eigenvalue weighted by atomic mass is 35.5. The first-order valence-corrected chi connectivity index (χ1v) is 10.9. The van der Waals surface area contributed by atoms with Crippen LogP contribution in [0.15, 0.2) is 43.0 Å². The highest BCUT2D eigenvalue weighted by Crippen LogP contribution is 2.39. The molecule has 10 heteroatoms. The Morgan fingerprint density at radius 3 is 2.70 bits per heavy atom. The maximum Gasteiger partial charge on any atom is 0.344 e. The summed E-state index contributed by atoms with van der Waals surface area (Å²) in [5.74, 6) is 0.0842. The molecule has 0 fully saturated rings. The Morgan fingerprint density at radius 2 is 2.03 bits per heavy atom. The minimum Gasteiger partial charge on any atom is -0.482 e. The van der Waals surface area contributed by atoms with Gasteiger partial charge in [-0.2, -0.15) is 5.10 Å². The SMILES string of the molecule is CCOC(=O)COc1ccc2nc(-c3ccc(Cl)cc3Cl)c(CN)c(-n3cncn3)c2c1C. The predicted octanol–water partition coefficient (Wildman–Crippen LogP) is 4.50. The number of pyridine rings is 1. The highest BCUT2D eigenvalue weighted by Gasteiger charge is 2.22. The summed E-state index contributed by atoms with van der Waals surface area (Å²) in [7, 11) is 0. The summed E-state index contributed by atoms with van der Waals surface area (Å²) >= 11 is 12.6. The second kappa shape index (κ2) is 9.74. The van der Waals surface area contributed by atoms with Crippen molar-refractivity contribution < 1.29 is 14.3 Å². The van der Waals surface area contributed by atoms with Crippen molar-refractivity contribution in [1.29, 1.82) is 0 Å². The van der Waals surface area contributed by atoms with Crippen molar-refractivity contribution in [2.24, 2.45) is 5.73 Å². The predicted molar refractivity (Wildman–Crippen MR) is 127 cm³/mol. The first-order valence-electron chi connectivity index (χ1n) is 10.2. The number of aromatic nitrogens is 4. The number of halogens is 2. The third-order valence-electron chi connectivity index (χ3n) is 5.12. The molecule has 2 aromatic heterocycles. The van der Waals surface area contributed by atoms with Crippen molar-refractivity contribution in [3.63, 3.8) is 0 Å². The van der Waals surface area contributed by atoms with Crippen LogP contribution in [-0.4, -0.2) is 38.9 Å². The number of nitrogens with two attached hydrogens (primary N) is 1. The Balaban J connectivity index is 1.97. The van der Waals surface area contributed by atoms with Crippen LogP contribution in [0.25, 0.3) is 27.8 Å². The molecule has 0 spiro atoms. The first kappa shape index (κ1) is 23.0. The van der Waals surface area contributed by atoms with Crippen LogP contribution in [0.1, 0.15) is 18.1 Å². The second-order valence-corrected chi connectivity index (χ2v) is 7.98. The molecular formula is C23H21Cl2N5O3. The smallest absolute Gasteiger partial charge is 0.344 e. The highest BCUT2D eigenvalue weighted by molar-refractivity contribution is 6.36. The van der Waals surface area contributed by atoms with Crippen molar-refractivity contribution in [3.05, 3.63) is 64.2 Å². The molecule has 0 unspecified atom stereocenters. The Labute approximate surface area is 200 Å². The van der Waals surface area contributed by atoms with Gasteiger partial charge in [0.25, 0.3) is 0 Å². The molecule has 4 aromatic rings. The molecule has 0 atom stereocenters. The molecule has 0 saturated carbocycles. The van der Waals surface area contributed by atoms with E-state index in [1.165, 1.54) is 6.33 Å². The molecule has 170 valence electrons. The third kappa shape index (κ3) is 4.50. The van der Waals surface area contributed by atoms with E-state index in [0.29, 0.717) is 38.3 Å². The van der Waals surface area contributed by atoms with Crippen LogP contribution in [0, 0.1) is 6.92 Å². The molecule has 0 aliphatic heterocycles. The lowest BCUT2D eigenvalue weighted by atomic mass is 9.98. The van der Waals surface area contributed by atoms with Crippen LogP contribution < -0.4 is 10.5 Å². The van der Waals surface area contributed by atoms with Crippen LogP contribution in [-0.2, 0) is 16.1 Å². The standard InChI is InChI=1S/C23H21Cl2N5O3/c1-3-32-20(31)10-33-19-7-6-18-21(13(19)2)23(30-12-27-11-28-30)16(9-26)22(29-18)15-5-4-14(24)8-17(15)25/h4-8,11-12H,3,9-10,26H2,1-2H3.